The highest BCUT2D eigenvalue weighted by atomic mass is 32.2. The van der Waals surface area contributed by atoms with E-state index in [0.29, 0.717) is 0 Å². The Morgan fingerprint density at radius 1 is 0.698 bits per heavy atom. The molecule has 2 unspecified atom stereocenters. The lowest BCUT2D eigenvalue weighted by molar-refractivity contribution is 0.435. The average Bonchev–Trinajstić information content (AvgIpc) is 3.54. The second kappa shape index (κ2) is 12.6. The smallest absolute Gasteiger partial charge is 0.137 e. The molecule has 0 amide bonds. The number of fused-ring (bicyclic) bond motifs is 6. The average molecular weight is 700 g/mol. The van der Waals surface area contributed by atoms with Crippen molar-refractivity contribution in [3.63, 3.8) is 0 Å². The molecule has 2 atom stereocenters. The van der Waals surface area contributed by atoms with Crippen LogP contribution in [0.3, 0.4) is 0 Å². The van der Waals surface area contributed by atoms with E-state index >= 15 is 0 Å². The van der Waals surface area contributed by atoms with E-state index in [1.807, 2.05) is 11.8 Å². The number of likely N-dealkylation sites (N-methyl/N-ethyl adjacent to an activating group) is 1. The fourth-order valence-electron chi connectivity index (χ4n) is 8.44. The summed E-state index contributed by atoms with van der Waals surface area (Å²) in [5.41, 5.74) is 11.4. The summed E-state index contributed by atoms with van der Waals surface area (Å²) < 4.78 is 0. The number of allylic oxidation sites excluding steroid dienone is 4. The molecule has 4 heteroatoms. The van der Waals surface area contributed by atoms with Crippen LogP contribution >= 0.6 is 11.8 Å². The number of thioether (sulfide) groups is 1. The van der Waals surface area contributed by atoms with Gasteiger partial charge in [0.15, 0.2) is 0 Å². The first-order chi connectivity index (χ1) is 26.1. The molecule has 0 bridgehead atoms. The molecule has 254 valence electrons. The van der Waals surface area contributed by atoms with Gasteiger partial charge < -0.3 is 4.90 Å². The molecule has 3 heterocycles. The standard InChI is InChI=1S/C49H37N3S/c1-49-30-12-11-25-43(49)53-47-45(49)44-38(22-14-24-40(44)50-46(47)39-23-13-20-32-15-9-10-21-37(32)39)33-26-28-34(29-27-33)41-31-42(35-16-5-3-6-17-35)52(2)48(51-41)36-18-7-4-8-19-36/h3-29,31,42H,30H2,1-2H3. The number of amidine groups is 1. The molecule has 0 saturated heterocycles. The summed E-state index contributed by atoms with van der Waals surface area (Å²) in [7, 11) is 2.14. The Morgan fingerprint density at radius 2 is 1.40 bits per heavy atom. The minimum absolute atomic E-state index is 0.0614. The number of aromatic nitrogens is 1. The zero-order valence-electron chi connectivity index (χ0n) is 29.7. The summed E-state index contributed by atoms with van der Waals surface area (Å²) in [5.74, 6) is 0.967. The van der Waals surface area contributed by atoms with Crippen molar-refractivity contribution in [2.45, 2.75) is 29.7 Å². The van der Waals surface area contributed by atoms with Gasteiger partial charge in [0.25, 0.3) is 0 Å². The Morgan fingerprint density at radius 3 is 2.23 bits per heavy atom. The van der Waals surface area contributed by atoms with Crippen LogP contribution in [0.25, 0.3) is 49.8 Å². The van der Waals surface area contributed by atoms with E-state index < -0.39 is 0 Å². The third kappa shape index (κ3) is 5.20. The van der Waals surface area contributed by atoms with Crippen molar-refractivity contribution in [2.24, 2.45) is 4.99 Å². The molecule has 0 radical (unpaired) electrons. The molecular weight excluding hydrogens is 663 g/mol. The van der Waals surface area contributed by atoms with Gasteiger partial charge in [-0.3, -0.25) is 0 Å². The zero-order valence-corrected chi connectivity index (χ0v) is 30.5. The summed E-state index contributed by atoms with van der Waals surface area (Å²) in [5, 5.41) is 3.72. The highest BCUT2D eigenvalue weighted by molar-refractivity contribution is 8.03. The van der Waals surface area contributed by atoms with E-state index in [9.17, 15) is 0 Å². The fraction of sp³-hybridized carbons (Fsp3) is 0.102. The van der Waals surface area contributed by atoms with Crippen LogP contribution in [-0.4, -0.2) is 22.8 Å². The number of benzene rings is 6. The molecule has 0 saturated carbocycles. The highest BCUT2D eigenvalue weighted by Gasteiger charge is 2.43. The SMILES string of the molecule is CN1C(c2ccccc2)=NC(c2ccc(-c3cccc4nc(-c5cccc6ccccc56)c5c(c34)C3(C)CC=CC=C3S5)cc2)=CC1c1ccccc1. The topological polar surface area (TPSA) is 28.5 Å². The van der Waals surface area contributed by atoms with Crippen molar-refractivity contribution in [2.75, 3.05) is 7.05 Å². The van der Waals surface area contributed by atoms with E-state index in [0.717, 1.165) is 40.3 Å². The van der Waals surface area contributed by atoms with Crippen molar-refractivity contribution in [1.82, 2.24) is 9.88 Å². The van der Waals surface area contributed by atoms with Gasteiger partial charge >= 0.3 is 0 Å². The molecular formula is C49H37N3S. The van der Waals surface area contributed by atoms with Gasteiger partial charge in [0, 0.05) is 38.8 Å². The summed E-state index contributed by atoms with van der Waals surface area (Å²) in [6.45, 7) is 2.42. The molecule has 0 spiro atoms. The van der Waals surface area contributed by atoms with Gasteiger partial charge in [0.2, 0.25) is 0 Å². The minimum Gasteiger partial charge on any atom is -0.349 e. The first-order valence-corrected chi connectivity index (χ1v) is 19.1. The van der Waals surface area contributed by atoms with Crippen LogP contribution in [0, 0.1) is 0 Å². The third-order valence-corrected chi connectivity index (χ3v) is 12.6. The molecule has 1 aromatic heterocycles. The summed E-state index contributed by atoms with van der Waals surface area (Å²) in [6, 6.07) is 52.2. The lowest BCUT2D eigenvalue weighted by Crippen LogP contribution is -2.33. The third-order valence-electron chi connectivity index (χ3n) is 11.2. The summed E-state index contributed by atoms with van der Waals surface area (Å²) >= 11 is 1.91. The van der Waals surface area contributed by atoms with Crippen LogP contribution < -0.4 is 0 Å². The van der Waals surface area contributed by atoms with Gasteiger partial charge in [-0.05, 0) is 57.2 Å². The molecule has 0 N–H and O–H groups in total. The Bertz CT molecular complexity index is 2680. The maximum Gasteiger partial charge on any atom is 0.137 e. The minimum atomic E-state index is -0.126. The number of hydrogen-bond acceptors (Lipinski definition) is 4. The molecule has 10 rings (SSSR count). The van der Waals surface area contributed by atoms with Crippen LogP contribution in [0.15, 0.2) is 185 Å². The van der Waals surface area contributed by atoms with Crippen molar-refractivity contribution < 1.29 is 0 Å². The molecule has 7 aromatic rings. The van der Waals surface area contributed by atoms with Gasteiger partial charge in [-0.25, -0.2) is 9.98 Å². The Labute approximate surface area is 314 Å². The molecule has 3 nitrogen and oxygen atoms in total. The van der Waals surface area contributed by atoms with Gasteiger partial charge in [-0.2, -0.15) is 0 Å². The van der Waals surface area contributed by atoms with Gasteiger partial charge in [0.05, 0.1) is 22.9 Å². The fourth-order valence-corrected chi connectivity index (χ4v) is 9.89. The first-order valence-electron chi connectivity index (χ1n) is 18.3. The maximum absolute atomic E-state index is 5.51. The van der Waals surface area contributed by atoms with Crippen LogP contribution in [0.5, 0.6) is 0 Å². The summed E-state index contributed by atoms with van der Waals surface area (Å²) in [6.07, 6.45) is 10.1. The van der Waals surface area contributed by atoms with Crippen LogP contribution in [-0.2, 0) is 5.41 Å². The van der Waals surface area contributed by atoms with E-state index in [1.54, 1.807) is 0 Å². The second-order valence-corrected chi connectivity index (χ2v) is 15.4. The molecule has 6 aromatic carbocycles. The monoisotopic (exact) mass is 699 g/mol. The van der Waals surface area contributed by atoms with Gasteiger partial charge in [0.1, 0.15) is 5.84 Å². The second-order valence-electron chi connectivity index (χ2n) is 14.4. The van der Waals surface area contributed by atoms with Crippen LogP contribution in [0.2, 0.25) is 0 Å². The molecule has 2 aliphatic heterocycles. The van der Waals surface area contributed by atoms with Crippen molar-refractivity contribution in [3.05, 3.63) is 197 Å². The number of pyridine rings is 1. The predicted octanol–water partition coefficient (Wildman–Crippen LogP) is 12.4. The lowest BCUT2D eigenvalue weighted by Gasteiger charge is -2.33. The van der Waals surface area contributed by atoms with Crippen molar-refractivity contribution in [1.29, 1.82) is 0 Å². The van der Waals surface area contributed by atoms with E-state index in [1.165, 1.54) is 53.8 Å². The van der Waals surface area contributed by atoms with E-state index in [4.69, 9.17) is 9.98 Å². The Kier molecular flexibility index (Phi) is 7.55. The van der Waals surface area contributed by atoms with Crippen LogP contribution in [0.1, 0.15) is 41.6 Å². The molecule has 1 aliphatic carbocycles. The van der Waals surface area contributed by atoms with Crippen LogP contribution in [0.4, 0.5) is 0 Å². The normalized spacial score (nSPS) is 19.1. The van der Waals surface area contributed by atoms with E-state index in [-0.39, 0.29) is 11.5 Å². The number of aliphatic imine (C=N–C) groups is 1. The molecule has 0 fully saturated rings. The number of nitrogens with zero attached hydrogens (tertiary/aromatic N) is 3. The van der Waals surface area contributed by atoms with Crippen molar-refractivity contribution >= 4 is 45.0 Å². The molecule has 3 aliphatic rings. The Hall–Kier alpha value is -5.97. The lowest BCUT2D eigenvalue weighted by atomic mass is 9.74. The van der Waals surface area contributed by atoms with E-state index in [2.05, 4.69) is 189 Å². The zero-order chi connectivity index (χ0) is 35.5. The van der Waals surface area contributed by atoms with Gasteiger partial charge in [-0.1, -0.05) is 176 Å². The number of hydrogen-bond donors (Lipinski definition) is 0. The summed E-state index contributed by atoms with van der Waals surface area (Å²) in [4.78, 5) is 15.7. The highest BCUT2D eigenvalue weighted by Crippen LogP contribution is 2.60. The Balaban J connectivity index is 1.13. The predicted molar refractivity (Wildman–Crippen MR) is 223 cm³/mol. The largest absolute Gasteiger partial charge is 0.349 e. The van der Waals surface area contributed by atoms with Gasteiger partial charge in [-0.15, -0.1) is 0 Å². The van der Waals surface area contributed by atoms with Crippen molar-refractivity contribution in [3.8, 4) is 22.4 Å². The first kappa shape index (κ1) is 31.7. The molecule has 53 heavy (non-hydrogen) atoms. The quantitative estimate of drug-likeness (QED) is 0.179. The maximum atomic E-state index is 5.51. The number of rotatable bonds is 5.